The summed E-state index contributed by atoms with van der Waals surface area (Å²) in [5.74, 6) is -1.70. The molecule has 4 atom stereocenters. The number of allylic oxidation sites excluding steroid dienone is 2. The van der Waals surface area contributed by atoms with E-state index in [1.165, 1.54) is 11.0 Å². The third-order valence-corrected chi connectivity index (χ3v) is 6.99. The van der Waals surface area contributed by atoms with Gasteiger partial charge in [-0.05, 0) is 36.6 Å². The molecule has 0 unspecified atom stereocenters. The number of hydrogen-bond donors (Lipinski definition) is 0. The quantitative estimate of drug-likeness (QED) is 0.286. The van der Waals surface area contributed by atoms with E-state index in [1.807, 2.05) is 19.1 Å². The summed E-state index contributed by atoms with van der Waals surface area (Å²) in [6, 6.07) is 13.5. The number of methoxy groups -OCH3 is 1. The van der Waals surface area contributed by atoms with Crippen LogP contribution in [0.5, 0.6) is 11.5 Å². The molecule has 0 N–H and O–H groups in total. The second-order valence-electron chi connectivity index (χ2n) is 9.19. The number of carbonyl (C=O) groups excluding carboxylic acids is 4. The average Bonchev–Trinajstić information content (AvgIpc) is 3.37. The van der Waals surface area contributed by atoms with Gasteiger partial charge in [-0.25, -0.2) is 4.90 Å². The Morgan fingerprint density at radius 2 is 1.69 bits per heavy atom. The monoisotopic (exact) mass is 474 g/mol. The summed E-state index contributed by atoms with van der Waals surface area (Å²) >= 11 is 0. The molecule has 2 aliphatic heterocycles. The van der Waals surface area contributed by atoms with E-state index in [4.69, 9.17) is 9.47 Å². The van der Waals surface area contributed by atoms with Gasteiger partial charge in [0.2, 0.25) is 17.7 Å². The van der Waals surface area contributed by atoms with Crippen LogP contribution in [0.3, 0.4) is 0 Å². The highest BCUT2D eigenvalue weighted by Crippen LogP contribution is 2.41. The summed E-state index contributed by atoms with van der Waals surface area (Å²) in [4.78, 5) is 54.3. The van der Waals surface area contributed by atoms with Gasteiger partial charge in [-0.3, -0.25) is 19.2 Å². The standard InChI is InChI=1S/C27H26N2O6/c1-16-6-3-11-22-24(16)26(32)29(25(22)31)19-8-5-10-21(14-19)35-27(33)17-12-23(30)28(15-17)18-7-4-9-20(13-18)34-2/h3-10,13-14,16-17,22,24H,11-12,15H2,1-2H3/t16-,17-,22-,24-/m1/s1. The van der Waals surface area contributed by atoms with Gasteiger partial charge < -0.3 is 14.4 Å². The molecule has 8 nitrogen and oxygen atoms in total. The third kappa shape index (κ3) is 4.09. The number of rotatable bonds is 5. The van der Waals surface area contributed by atoms with E-state index in [9.17, 15) is 19.2 Å². The van der Waals surface area contributed by atoms with Gasteiger partial charge in [0.05, 0.1) is 30.6 Å². The Morgan fingerprint density at radius 3 is 2.43 bits per heavy atom. The van der Waals surface area contributed by atoms with Crippen molar-refractivity contribution in [3.63, 3.8) is 0 Å². The van der Waals surface area contributed by atoms with Crippen LogP contribution in [0.1, 0.15) is 19.8 Å². The van der Waals surface area contributed by atoms with E-state index in [-0.39, 0.29) is 54.2 Å². The number of ether oxygens (including phenoxy) is 2. The van der Waals surface area contributed by atoms with Gasteiger partial charge in [0.1, 0.15) is 11.5 Å². The molecule has 0 bridgehead atoms. The normalized spacial score (nSPS) is 25.7. The molecular weight excluding hydrogens is 448 g/mol. The van der Waals surface area contributed by atoms with Crippen molar-refractivity contribution >= 4 is 35.1 Å². The van der Waals surface area contributed by atoms with Crippen LogP contribution in [0, 0.1) is 23.7 Å². The number of anilines is 2. The Hall–Kier alpha value is -3.94. The van der Waals surface area contributed by atoms with Crippen LogP contribution in [0.4, 0.5) is 11.4 Å². The molecule has 0 aromatic heterocycles. The van der Waals surface area contributed by atoms with Crippen LogP contribution >= 0.6 is 0 Å². The summed E-state index contributed by atoms with van der Waals surface area (Å²) in [5, 5.41) is 0. The molecule has 2 aromatic rings. The summed E-state index contributed by atoms with van der Waals surface area (Å²) in [5.41, 5.74) is 1.04. The molecule has 2 heterocycles. The maximum atomic E-state index is 13.1. The van der Waals surface area contributed by atoms with Crippen LogP contribution in [0.15, 0.2) is 60.7 Å². The average molecular weight is 475 g/mol. The number of carbonyl (C=O) groups is 4. The zero-order valence-corrected chi connectivity index (χ0v) is 19.5. The summed E-state index contributed by atoms with van der Waals surface area (Å²) in [6.45, 7) is 2.14. The zero-order valence-electron chi connectivity index (χ0n) is 19.5. The predicted molar refractivity (Wildman–Crippen MR) is 128 cm³/mol. The van der Waals surface area contributed by atoms with Crippen molar-refractivity contribution in [2.75, 3.05) is 23.5 Å². The van der Waals surface area contributed by atoms with Gasteiger partial charge in [-0.1, -0.05) is 31.2 Å². The van der Waals surface area contributed by atoms with E-state index in [0.29, 0.717) is 23.5 Å². The van der Waals surface area contributed by atoms with Crippen molar-refractivity contribution < 1.29 is 28.7 Å². The molecule has 35 heavy (non-hydrogen) atoms. The number of amides is 3. The van der Waals surface area contributed by atoms with Crippen molar-refractivity contribution in [2.45, 2.75) is 19.8 Å². The van der Waals surface area contributed by atoms with E-state index >= 15 is 0 Å². The minimum Gasteiger partial charge on any atom is -0.497 e. The zero-order chi connectivity index (χ0) is 24.7. The molecule has 2 aromatic carbocycles. The number of benzene rings is 2. The Balaban J connectivity index is 1.29. The Kier molecular flexibility index (Phi) is 5.88. The lowest BCUT2D eigenvalue weighted by Gasteiger charge is -2.22. The summed E-state index contributed by atoms with van der Waals surface area (Å²) < 4.78 is 10.8. The minimum atomic E-state index is -0.637. The Labute approximate surface area is 203 Å². The van der Waals surface area contributed by atoms with Crippen LogP contribution in [0.2, 0.25) is 0 Å². The van der Waals surface area contributed by atoms with E-state index < -0.39 is 11.9 Å². The maximum Gasteiger partial charge on any atom is 0.316 e. The molecule has 2 fully saturated rings. The number of fused-ring (bicyclic) bond motifs is 1. The number of nitrogens with zero attached hydrogens (tertiary/aromatic N) is 2. The first-order valence-corrected chi connectivity index (χ1v) is 11.7. The fourth-order valence-electron chi connectivity index (χ4n) is 5.18. The first-order chi connectivity index (χ1) is 16.9. The topological polar surface area (TPSA) is 93.2 Å². The van der Waals surface area contributed by atoms with Crippen molar-refractivity contribution in [3.05, 3.63) is 60.7 Å². The molecule has 0 spiro atoms. The smallest absolute Gasteiger partial charge is 0.316 e. The van der Waals surface area contributed by atoms with Crippen molar-refractivity contribution in [2.24, 2.45) is 23.7 Å². The lowest BCUT2D eigenvalue weighted by molar-refractivity contribution is -0.139. The van der Waals surface area contributed by atoms with Crippen molar-refractivity contribution in [3.8, 4) is 11.5 Å². The molecule has 1 aliphatic carbocycles. The molecule has 2 saturated heterocycles. The van der Waals surface area contributed by atoms with Crippen molar-refractivity contribution in [1.82, 2.24) is 0 Å². The van der Waals surface area contributed by atoms with E-state index in [0.717, 1.165) is 0 Å². The molecule has 8 heteroatoms. The second kappa shape index (κ2) is 9.02. The molecule has 3 aliphatic rings. The predicted octanol–water partition coefficient (Wildman–Crippen LogP) is 3.36. The number of hydrogen-bond acceptors (Lipinski definition) is 6. The van der Waals surface area contributed by atoms with Gasteiger partial charge in [0.15, 0.2) is 0 Å². The lowest BCUT2D eigenvalue weighted by atomic mass is 9.78. The highest BCUT2D eigenvalue weighted by atomic mass is 16.5. The summed E-state index contributed by atoms with van der Waals surface area (Å²) in [6.07, 6.45) is 4.51. The number of esters is 1. The molecular formula is C27H26N2O6. The van der Waals surface area contributed by atoms with Gasteiger partial charge >= 0.3 is 5.97 Å². The molecule has 3 amide bonds. The second-order valence-corrected chi connectivity index (χ2v) is 9.19. The van der Waals surface area contributed by atoms with Crippen LogP contribution in [-0.4, -0.2) is 37.3 Å². The van der Waals surface area contributed by atoms with Crippen molar-refractivity contribution in [1.29, 1.82) is 0 Å². The Bertz CT molecular complexity index is 1240. The fourth-order valence-corrected chi connectivity index (χ4v) is 5.18. The van der Waals surface area contributed by atoms with Gasteiger partial charge in [-0.2, -0.15) is 0 Å². The molecule has 0 radical (unpaired) electrons. The highest BCUT2D eigenvalue weighted by molar-refractivity contribution is 6.22. The largest absolute Gasteiger partial charge is 0.497 e. The van der Waals surface area contributed by atoms with Gasteiger partial charge in [-0.15, -0.1) is 0 Å². The minimum absolute atomic E-state index is 0.0105. The fraction of sp³-hybridized carbons (Fsp3) is 0.333. The third-order valence-electron chi connectivity index (χ3n) is 6.99. The highest BCUT2D eigenvalue weighted by Gasteiger charge is 2.50. The van der Waals surface area contributed by atoms with Gasteiger partial charge in [0.25, 0.3) is 0 Å². The van der Waals surface area contributed by atoms with Gasteiger partial charge in [0, 0.05) is 30.8 Å². The SMILES string of the molecule is COc1cccc(N2C[C@H](C(=O)Oc3cccc(N4C(=O)[C@@H]5[C@H](C)C=CC[C@H]5C4=O)c3)CC2=O)c1. The molecule has 0 saturated carbocycles. The lowest BCUT2D eigenvalue weighted by Crippen LogP contribution is -2.31. The molecule has 5 rings (SSSR count). The summed E-state index contributed by atoms with van der Waals surface area (Å²) in [7, 11) is 1.55. The van der Waals surface area contributed by atoms with E-state index in [1.54, 1.807) is 54.5 Å². The van der Waals surface area contributed by atoms with E-state index in [2.05, 4.69) is 0 Å². The maximum absolute atomic E-state index is 13.1. The van der Waals surface area contributed by atoms with Crippen LogP contribution in [-0.2, 0) is 19.2 Å². The van der Waals surface area contributed by atoms with Crippen LogP contribution in [0.25, 0.3) is 0 Å². The first kappa shape index (κ1) is 22.8. The molecule has 180 valence electrons. The van der Waals surface area contributed by atoms with Crippen LogP contribution < -0.4 is 19.3 Å². The Morgan fingerprint density at radius 1 is 0.971 bits per heavy atom. The number of imide groups is 1. The first-order valence-electron chi connectivity index (χ1n) is 11.7.